The van der Waals surface area contributed by atoms with E-state index in [2.05, 4.69) is 10.4 Å². The zero-order valence-electron chi connectivity index (χ0n) is 15.4. The molecular formula is C19H21ClF3N3O2. The molecule has 0 atom stereocenters. The van der Waals surface area contributed by atoms with Gasteiger partial charge in [0.05, 0.1) is 12.8 Å². The van der Waals surface area contributed by atoms with E-state index in [0.717, 1.165) is 12.8 Å². The summed E-state index contributed by atoms with van der Waals surface area (Å²) in [5, 5.41) is 6.99. The van der Waals surface area contributed by atoms with Crippen molar-refractivity contribution >= 4 is 23.2 Å². The molecule has 5 nitrogen and oxygen atoms in total. The summed E-state index contributed by atoms with van der Waals surface area (Å²) < 4.78 is 46.3. The minimum absolute atomic E-state index is 0.144. The Kier molecular flexibility index (Phi) is 6.17. The standard InChI is InChI=1S/C19H21ClF3N3O2/c1-28-16-9-8-12(20)11-14(16)24-17(27)7-4-10-26-15-6-3-2-5-13(15)18(25-26)19(21,22)23/h8-9,11H,2-7,10H2,1H3,(H,24,27). The average Bonchev–Trinajstić information content (AvgIpc) is 3.01. The van der Waals surface area contributed by atoms with Gasteiger partial charge in [-0.05, 0) is 50.3 Å². The monoisotopic (exact) mass is 415 g/mol. The van der Waals surface area contributed by atoms with Crippen LogP contribution in [0.5, 0.6) is 5.75 Å². The molecule has 28 heavy (non-hydrogen) atoms. The number of hydrogen-bond acceptors (Lipinski definition) is 3. The molecule has 0 fully saturated rings. The van der Waals surface area contributed by atoms with Gasteiger partial charge in [-0.25, -0.2) is 0 Å². The van der Waals surface area contributed by atoms with E-state index in [-0.39, 0.29) is 18.9 Å². The molecule has 3 rings (SSSR count). The first-order chi connectivity index (χ1) is 13.3. The number of nitrogens with zero attached hydrogens (tertiary/aromatic N) is 2. The topological polar surface area (TPSA) is 56.1 Å². The lowest BCUT2D eigenvalue weighted by molar-refractivity contribution is -0.142. The molecule has 0 unspecified atom stereocenters. The first-order valence-electron chi connectivity index (χ1n) is 9.08. The van der Waals surface area contributed by atoms with Crippen LogP contribution in [0.15, 0.2) is 18.2 Å². The quantitative estimate of drug-likeness (QED) is 0.732. The summed E-state index contributed by atoms with van der Waals surface area (Å²) in [6, 6.07) is 4.87. The minimum atomic E-state index is -4.45. The summed E-state index contributed by atoms with van der Waals surface area (Å²) in [4.78, 5) is 12.2. The number of methoxy groups -OCH3 is 1. The second kappa shape index (κ2) is 8.43. The van der Waals surface area contributed by atoms with Crippen LogP contribution < -0.4 is 10.1 Å². The zero-order valence-corrected chi connectivity index (χ0v) is 16.2. The molecule has 9 heteroatoms. The molecule has 0 aliphatic heterocycles. The Morgan fingerprint density at radius 3 is 2.79 bits per heavy atom. The number of hydrogen-bond donors (Lipinski definition) is 1. The normalized spacial score (nSPS) is 13.9. The highest BCUT2D eigenvalue weighted by molar-refractivity contribution is 6.31. The summed E-state index contributed by atoms with van der Waals surface area (Å²) in [5.41, 5.74) is 0.633. The van der Waals surface area contributed by atoms with Gasteiger partial charge in [0, 0.05) is 29.2 Å². The number of halogens is 4. The number of aromatic nitrogens is 2. The van der Waals surface area contributed by atoms with Crippen molar-refractivity contribution < 1.29 is 22.7 Å². The van der Waals surface area contributed by atoms with Crippen LogP contribution in [0.25, 0.3) is 0 Å². The molecule has 1 amide bonds. The summed E-state index contributed by atoms with van der Waals surface area (Å²) in [5.74, 6) is 0.214. The number of amides is 1. The van der Waals surface area contributed by atoms with E-state index in [0.29, 0.717) is 47.0 Å². The van der Waals surface area contributed by atoms with E-state index in [1.54, 1.807) is 18.2 Å². The van der Waals surface area contributed by atoms with E-state index in [4.69, 9.17) is 16.3 Å². The third-order valence-corrected chi connectivity index (χ3v) is 4.97. The second-order valence-electron chi connectivity index (χ2n) is 6.70. The van der Waals surface area contributed by atoms with E-state index in [9.17, 15) is 18.0 Å². The van der Waals surface area contributed by atoms with Gasteiger partial charge in [0.1, 0.15) is 5.75 Å². The molecule has 0 saturated heterocycles. The van der Waals surface area contributed by atoms with Gasteiger partial charge in [-0.15, -0.1) is 0 Å². The molecule has 0 spiro atoms. The number of ether oxygens (including phenoxy) is 1. The van der Waals surface area contributed by atoms with Crippen molar-refractivity contribution in [3.05, 3.63) is 40.2 Å². The van der Waals surface area contributed by atoms with Crippen molar-refractivity contribution in [2.75, 3.05) is 12.4 Å². The van der Waals surface area contributed by atoms with Gasteiger partial charge in [-0.3, -0.25) is 9.48 Å². The lowest BCUT2D eigenvalue weighted by Gasteiger charge is -2.15. The van der Waals surface area contributed by atoms with Gasteiger partial charge in [-0.2, -0.15) is 18.3 Å². The highest BCUT2D eigenvalue weighted by Gasteiger charge is 2.39. The van der Waals surface area contributed by atoms with Crippen LogP contribution in [-0.2, 0) is 30.4 Å². The fraction of sp³-hybridized carbons (Fsp3) is 0.474. The Morgan fingerprint density at radius 2 is 2.07 bits per heavy atom. The number of nitrogens with one attached hydrogen (secondary N) is 1. The van der Waals surface area contributed by atoms with Crippen LogP contribution in [-0.4, -0.2) is 22.8 Å². The maximum Gasteiger partial charge on any atom is 0.435 e. The summed E-state index contributed by atoms with van der Waals surface area (Å²) in [7, 11) is 1.48. The van der Waals surface area contributed by atoms with Crippen molar-refractivity contribution in [3.63, 3.8) is 0 Å². The molecule has 2 aromatic rings. The SMILES string of the molecule is COc1ccc(Cl)cc1NC(=O)CCCn1nc(C(F)(F)F)c2c1CCCC2. The van der Waals surface area contributed by atoms with Crippen LogP contribution in [0.1, 0.15) is 42.6 Å². The van der Waals surface area contributed by atoms with Gasteiger partial charge in [-0.1, -0.05) is 11.6 Å². The van der Waals surface area contributed by atoms with Gasteiger partial charge >= 0.3 is 6.18 Å². The van der Waals surface area contributed by atoms with E-state index >= 15 is 0 Å². The predicted octanol–water partition coefficient (Wildman–Crippen LogP) is 4.86. The molecule has 0 saturated carbocycles. The maximum atomic E-state index is 13.2. The molecule has 1 aromatic carbocycles. The van der Waals surface area contributed by atoms with Gasteiger partial charge in [0.15, 0.2) is 5.69 Å². The van der Waals surface area contributed by atoms with Crippen molar-refractivity contribution in [2.24, 2.45) is 0 Å². The fourth-order valence-electron chi connectivity index (χ4n) is 3.46. The molecule has 1 N–H and O–H groups in total. The molecule has 1 aromatic heterocycles. The lowest BCUT2D eigenvalue weighted by Crippen LogP contribution is -2.15. The molecule has 1 aliphatic carbocycles. The van der Waals surface area contributed by atoms with Crippen LogP contribution in [0.2, 0.25) is 5.02 Å². The molecule has 1 heterocycles. The third-order valence-electron chi connectivity index (χ3n) is 4.73. The molecule has 0 radical (unpaired) electrons. The van der Waals surface area contributed by atoms with E-state index in [1.165, 1.54) is 11.8 Å². The molecule has 1 aliphatic rings. The minimum Gasteiger partial charge on any atom is -0.495 e. The van der Waals surface area contributed by atoms with Crippen molar-refractivity contribution in [1.29, 1.82) is 0 Å². The summed E-state index contributed by atoms with van der Waals surface area (Å²) in [6.45, 7) is 0.262. The second-order valence-corrected chi connectivity index (χ2v) is 7.13. The van der Waals surface area contributed by atoms with Crippen molar-refractivity contribution in [3.8, 4) is 5.75 Å². The highest BCUT2D eigenvalue weighted by Crippen LogP contribution is 2.36. The van der Waals surface area contributed by atoms with Crippen LogP contribution in [0, 0.1) is 0 Å². The Labute approximate surface area is 165 Å². The fourth-order valence-corrected chi connectivity index (χ4v) is 3.64. The number of carbonyl (C=O) groups excluding carboxylic acids is 1. The Balaban J connectivity index is 1.63. The van der Waals surface area contributed by atoms with Gasteiger partial charge in [0.25, 0.3) is 0 Å². The first kappa shape index (κ1) is 20.5. The van der Waals surface area contributed by atoms with Gasteiger partial charge in [0.2, 0.25) is 5.91 Å². The van der Waals surface area contributed by atoms with Crippen LogP contribution in [0.3, 0.4) is 0 Å². The van der Waals surface area contributed by atoms with E-state index < -0.39 is 11.9 Å². The van der Waals surface area contributed by atoms with Gasteiger partial charge < -0.3 is 10.1 Å². The largest absolute Gasteiger partial charge is 0.495 e. The number of rotatable bonds is 6. The Bertz CT molecular complexity index is 865. The average molecular weight is 416 g/mol. The molecule has 152 valence electrons. The smallest absolute Gasteiger partial charge is 0.435 e. The maximum absolute atomic E-state index is 13.2. The summed E-state index contributed by atoms with van der Waals surface area (Å²) in [6.07, 6.45) is -1.35. The number of carbonyl (C=O) groups is 1. The lowest BCUT2D eigenvalue weighted by atomic mass is 9.95. The molecule has 0 bridgehead atoms. The van der Waals surface area contributed by atoms with Crippen LogP contribution in [0.4, 0.5) is 18.9 Å². The number of fused-ring (bicyclic) bond motifs is 1. The number of anilines is 1. The van der Waals surface area contributed by atoms with Crippen LogP contribution >= 0.6 is 11.6 Å². The Morgan fingerprint density at radius 1 is 1.32 bits per heavy atom. The summed E-state index contributed by atoms with van der Waals surface area (Å²) >= 11 is 5.94. The predicted molar refractivity (Wildman–Crippen MR) is 99.7 cm³/mol. The zero-order chi connectivity index (χ0) is 20.3. The molecular weight excluding hydrogens is 395 g/mol. The number of alkyl halides is 3. The Hall–Kier alpha value is -2.22. The van der Waals surface area contributed by atoms with Crippen molar-refractivity contribution in [2.45, 2.75) is 51.2 Å². The highest BCUT2D eigenvalue weighted by atomic mass is 35.5. The third kappa shape index (κ3) is 4.60. The first-order valence-corrected chi connectivity index (χ1v) is 9.46. The van der Waals surface area contributed by atoms with E-state index in [1.807, 2.05) is 0 Å². The van der Waals surface area contributed by atoms with Crippen molar-refractivity contribution in [1.82, 2.24) is 9.78 Å². The number of benzene rings is 1. The number of aryl methyl sites for hydroxylation is 1.